The van der Waals surface area contributed by atoms with Crippen molar-refractivity contribution in [2.45, 2.75) is 32.4 Å². The molecule has 0 bridgehead atoms. The minimum atomic E-state index is 0.278. The molecule has 3 heteroatoms. The van der Waals surface area contributed by atoms with Crippen molar-refractivity contribution in [3.8, 4) is 0 Å². The van der Waals surface area contributed by atoms with Crippen LogP contribution in [0.25, 0.3) is 0 Å². The average Bonchev–Trinajstić information content (AvgIpc) is 1.99. The van der Waals surface area contributed by atoms with Crippen LogP contribution in [0.4, 0.5) is 0 Å². The summed E-state index contributed by atoms with van der Waals surface area (Å²) in [5.41, 5.74) is 0. The summed E-state index contributed by atoms with van der Waals surface area (Å²) < 4.78 is 0. The van der Waals surface area contributed by atoms with E-state index in [0.717, 1.165) is 13.0 Å². The maximum absolute atomic E-state index is 11.8. The third-order valence-electron chi connectivity index (χ3n) is 3.51. The van der Waals surface area contributed by atoms with Crippen molar-refractivity contribution in [3.05, 3.63) is 0 Å². The van der Waals surface area contributed by atoms with E-state index < -0.39 is 0 Å². The van der Waals surface area contributed by atoms with Gasteiger partial charge in [-0.25, -0.2) is 0 Å². The standard InChI is InChI=1S/C10H18N2O/c1-6(2)9-4-8-7(5-11-8)10(13)12(9)3/h6-9,11H,4-5H2,1-3H3. The van der Waals surface area contributed by atoms with Crippen LogP contribution in [0, 0.1) is 11.8 Å². The van der Waals surface area contributed by atoms with Crippen molar-refractivity contribution in [2.24, 2.45) is 11.8 Å². The molecule has 0 aromatic carbocycles. The number of amides is 1. The van der Waals surface area contributed by atoms with E-state index in [9.17, 15) is 4.79 Å². The number of piperidine rings is 1. The molecule has 0 radical (unpaired) electrons. The zero-order valence-corrected chi connectivity index (χ0v) is 8.58. The van der Waals surface area contributed by atoms with Gasteiger partial charge in [0.25, 0.3) is 0 Å². The van der Waals surface area contributed by atoms with Gasteiger partial charge in [-0.15, -0.1) is 0 Å². The first-order valence-corrected chi connectivity index (χ1v) is 5.11. The molecule has 2 aliphatic rings. The van der Waals surface area contributed by atoms with Gasteiger partial charge in [0, 0.05) is 25.7 Å². The van der Waals surface area contributed by atoms with Crippen LogP contribution in [0.3, 0.4) is 0 Å². The number of nitrogens with zero attached hydrogens (tertiary/aromatic N) is 1. The number of likely N-dealkylation sites (tertiary alicyclic amines) is 1. The lowest BCUT2D eigenvalue weighted by atomic mass is 9.78. The summed E-state index contributed by atoms with van der Waals surface area (Å²) in [6, 6.07) is 0.901. The van der Waals surface area contributed by atoms with Crippen molar-refractivity contribution < 1.29 is 4.79 Å². The summed E-state index contributed by atoms with van der Waals surface area (Å²) in [5, 5.41) is 3.34. The molecular formula is C10H18N2O. The molecule has 2 heterocycles. The Morgan fingerprint density at radius 1 is 1.54 bits per heavy atom. The van der Waals surface area contributed by atoms with E-state index in [1.165, 1.54) is 0 Å². The van der Waals surface area contributed by atoms with E-state index >= 15 is 0 Å². The Kier molecular flexibility index (Phi) is 2.06. The molecule has 0 spiro atoms. The van der Waals surface area contributed by atoms with Crippen LogP contribution in [-0.4, -0.2) is 36.5 Å². The highest BCUT2D eigenvalue weighted by atomic mass is 16.2. The van der Waals surface area contributed by atoms with Crippen LogP contribution in [0.2, 0.25) is 0 Å². The lowest BCUT2D eigenvalue weighted by molar-refractivity contribution is -0.146. The van der Waals surface area contributed by atoms with Gasteiger partial charge < -0.3 is 10.2 Å². The largest absolute Gasteiger partial charge is 0.342 e. The Morgan fingerprint density at radius 2 is 2.23 bits per heavy atom. The molecule has 0 aromatic rings. The van der Waals surface area contributed by atoms with Gasteiger partial charge in [-0.1, -0.05) is 13.8 Å². The van der Waals surface area contributed by atoms with Crippen LogP contribution in [0.1, 0.15) is 20.3 Å². The van der Waals surface area contributed by atoms with Crippen LogP contribution < -0.4 is 5.32 Å². The van der Waals surface area contributed by atoms with E-state index in [0.29, 0.717) is 23.9 Å². The minimum Gasteiger partial charge on any atom is -0.342 e. The van der Waals surface area contributed by atoms with Crippen molar-refractivity contribution in [1.29, 1.82) is 0 Å². The number of nitrogens with one attached hydrogen (secondary N) is 1. The van der Waals surface area contributed by atoms with Crippen LogP contribution >= 0.6 is 0 Å². The summed E-state index contributed by atoms with van der Waals surface area (Å²) in [6.07, 6.45) is 1.13. The highest BCUT2D eigenvalue weighted by Gasteiger charge is 2.45. The number of carbonyl (C=O) groups is 1. The fourth-order valence-corrected chi connectivity index (χ4v) is 2.47. The smallest absolute Gasteiger partial charge is 0.228 e. The van der Waals surface area contributed by atoms with Gasteiger partial charge in [0.05, 0.1) is 5.92 Å². The van der Waals surface area contributed by atoms with Crippen LogP contribution in [0.5, 0.6) is 0 Å². The molecule has 0 aliphatic carbocycles. The molecule has 3 nitrogen and oxygen atoms in total. The van der Waals surface area contributed by atoms with Crippen molar-refractivity contribution in [1.82, 2.24) is 10.2 Å². The second-order valence-corrected chi connectivity index (χ2v) is 4.62. The van der Waals surface area contributed by atoms with E-state index in [1.54, 1.807) is 0 Å². The molecule has 74 valence electrons. The second-order valence-electron chi connectivity index (χ2n) is 4.62. The Labute approximate surface area is 79.5 Å². The molecule has 0 saturated carbocycles. The third kappa shape index (κ3) is 1.26. The van der Waals surface area contributed by atoms with Crippen molar-refractivity contribution >= 4 is 5.91 Å². The van der Waals surface area contributed by atoms with Gasteiger partial charge >= 0.3 is 0 Å². The molecular weight excluding hydrogens is 164 g/mol. The topological polar surface area (TPSA) is 32.3 Å². The molecule has 0 aromatic heterocycles. The van der Waals surface area contributed by atoms with Crippen molar-refractivity contribution in [2.75, 3.05) is 13.6 Å². The number of rotatable bonds is 1. The number of hydrogen-bond acceptors (Lipinski definition) is 2. The zero-order valence-electron chi connectivity index (χ0n) is 8.58. The number of hydrogen-bond donors (Lipinski definition) is 1. The van der Waals surface area contributed by atoms with Gasteiger partial charge in [-0.3, -0.25) is 4.79 Å². The summed E-state index contributed by atoms with van der Waals surface area (Å²) in [5.74, 6) is 1.19. The SMILES string of the molecule is CC(C)C1CC2NCC2C(=O)N1C. The number of fused-ring (bicyclic) bond motifs is 1. The van der Waals surface area contributed by atoms with Gasteiger partial charge in [0.2, 0.25) is 5.91 Å². The lowest BCUT2D eigenvalue weighted by Gasteiger charge is -2.49. The maximum Gasteiger partial charge on any atom is 0.228 e. The minimum absolute atomic E-state index is 0.278. The summed E-state index contributed by atoms with van der Waals surface area (Å²) in [7, 11) is 1.95. The fraction of sp³-hybridized carbons (Fsp3) is 0.900. The first-order valence-electron chi connectivity index (χ1n) is 5.11. The molecule has 2 saturated heterocycles. The number of carbonyl (C=O) groups excluding carboxylic acids is 1. The summed E-state index contributed by atoms with van der Waals surface area (Å²) in [6.45, 7) is 5.26. The molecule has 3 atom stereocenters. The highest BCUT2D eigenvalue weighted by molar-refractivity contribution is 5.82. The Hall–Kier alpha value is -0.570. The average molecular weight is 182 g/mol. The zero-order chi connectivity index (χ0) is 9.59. The predicted molar refractivity (Wildman–Crippen MR) is 51.3 cm³/mol. The molecule has 2 rings (SSSR count). The molecule has 1 N–H and O–H groups in total. The first kappa shape index (κ1) is 9.00. The van der Waals surface area contributed by atoms with Gasteiger partial charge in [0.1, 0.15) is 0 Å². The van der Waals surface area contributed by atoms with Gasteiger partial charge in [0.15, 0.2) is 0 Å². The Balaban J connectivity index is 2.11. The summed E-state index contributed by atoms with van der Waals surface area (Å²) >= 11 is 0. The predicted octanol–water partition coefficient (Wildman–Crippen LogP) is 0.461. The lowest BCUT2D eigenvalue weighted by Crippen LogP contribution is -2.66. The molecule has 13 heavy (non-hydrogen) atoms. The quantitative estimate of drug-likeness (QED) is 0.639. The molecule has 2 aliphatic heterocycles. The third-order valence-corrected chi connectivity index (χ3v) is 3.51. The molecule has 2 fully saturated rings. The Morgan fingerprint density at radius 3 is 2.69 bits per heavy atom. The second kappa shape index (κ2) is 2.98. The van der Waals surface area contributed by atoms with E-state index in [1.807, 2.05) is 11.9 Å². The first-order chi connectivity index (χ1) is 6.11. The maximum atomic E-state index is 11.8. The van der Waals surface area contributed by atoms with Crippen LogP contribution in [0.15, 0.2) is 0 Å². The van der Waals surface area contributed by atoms with E-state index in [2.05, 4.69) is 19.2 Å². The van der Waals surface area contributed by atoms with Crippen molar-refractivity contribution in [3.63, 3.8) is 0 Å². The van der Waals surface area contributed by atoms with E-state index in [4.69, 9.17) is 0 Å². The normalized spacial score (nSPS) is 38.9. The monoisotopic (exact) mass is 182 g/mol. The van der Waals surface area contributed by atoms with Gasteiger partial charge in [-0.05, 0) is 12.3 Å². The molecule has 3 unspecified atom stereocenters. The fourth-order valence-electron chi connectivity index (χ4n) is 2.47. The van der Waals surface area contributed by atoms with Crippen LogP contribution in [-0.2, 0) is 4.79 Å². The Bertz CT molecular complexity index is 227. The van der Waals surface area contributed by atoms with Gasteiger partial charge in [-0.2, -0.15) is 0 Å². The highest BCUT2D eigenvalue weighted by Crippen LogP contribution is 2.30. The van der Waals surface area contributed by atoms with E-state index in [-0.39, 0.29) is 5.92 Å². The summed E-state index contributed by atoms with van der Waals surface area (Å²) in [4.78, 5) is 13.7. The molecule has 1 amide bonds.